The average Bonchev–Trinajstić information content (AvgIpc) is 3.44. The molecule has 4 aromatic rings. The molecule has 194 valence electrons. The number of piperazine rings is 1. The smallest absolute Gasteiger partial charge is 0.242 e. The molecule has 1 aliphatic rings. The monoisotopic (exact) mass is 519 g/mol. The third kappa shape index (κ3) is 5.51. The Morgan fingerprint density at radius 1 is 1.08 bits per heavy atom. The van der Waals surface area contributed by atoms with E-state index in [2.05, 4.69) is 72.1 Å². The van der Waals surface area contributed by atoms with Gasteiger partial charge in [-0.2, -0.15) is 4.52 Å². The molecule has 3 aromatic heterocycles. The van der Waals surface area contributed by atoms with Crippen LogP contribution in [-0.4, -0.2) is 80.7 Å². The first-order valence-corrected chi connectivity index (χ1v) is 13.3. The zero-order valence-electron chi connectivity index (χ0n) is 22.0. The number of likely N-dealkylation sites (N-methyl/N-ethyl adjacent to an activating group) is 1. The molecular formula is C26H33N9OS. The molecule has 0 saturated carbocycles. The summed E-state index contributed by atoms with van der Waals surface area (Å²) in [5.74, 6) is 1.65. The third-order valence-electron chi connectivity index (χ3n) is 6.18. The van der Waals surface area contributed by atoms with Crippen molar-refractivity contribution in [2.24, 2.45) is 0 Å². The number of imidazole rings is 1. The lowest BCUT2D eigenvalue weighted by Gasteiger charge is -2.35. The summed E-state index contributed by atoms with van der Waals surface area (Å²) in [6.07, 6.45) is 3.48. The number of anilines is 3. The summed E-state index contributed by atoms with van der Waals surface area (Å²) in [6, 6.07) is 10.2. The number of amides is 1. The largest absolute Gasteiger partial charge is 0.364 e. The highest BCUT2D eigenvalue weighted by atomic mass is 32.1. The number of nitrogens with zero attached hydrogens (tertiary/aromatic N) is 8. The molecule has 0 bridgehead atoms. The van der Waals surface area contributed by atoms with E-state index >= 15 is 0 Å². The van der Waals surface area contributed by atoms with Crippen LogP contribution in [0.4, 0.5) is 16.9 Å². The molecule has 0 aliphatic carbocycles. The van der Waals surface area contributed by atoms with Crippen molar-refractivity contribution in [1.29, 1.82) is 0 Å². The molecule has 10 nitrogen and oxygen atoms in total. The van der Waals surface area contributed by atoms with E-state index in [1.807, 2.05) is 21.4 Å². The molecule has 37 heavy (non-hydrogen) atoms. The molecule has 11 heteroatoms. The van der Waals surface area contributed by atoms with Gasteiger partial charge in [0.25, 0.3) is 0 Å². The molecule has 4 heterocycles. The molecule has 1 fully saturated rings. The van der Waals surface area contributed by atoms with Gasteiger partial charge in [0, 0.05) is 56.7 Å². The van der Waals surface area contributed by atoms with Crippen LogP contribution in [0.3, 0.4) is 0 Å². The summed E-state index contributed by atoms with van der Waals surface area (Å²) >= 11 is 1.48. The predicted octanol–water partition coefficient (Wildman–Crippen LogP) is 3.55. The molecule has 1 amide bonds. The second kappa shape index (κ2) is 9.97. The Kier molecular flexibility index (Phi) is 6.72. The summed E-state index contributed by atoms with van der Waals surface area (Å²) in [6.45, 7) is 11.4. The van der Waals surface area contributed by atoms with E-state index in [0.717, 1.165) is 27.2 Å². The molecular weight excluding hydrogens is 486 g/mol. The number of hydrogen-bond donors (Lipinski definition) is 1. The zero-order valence-corrected chi connectivity index (χ0v) is 22.8. The minimum Gasteiger partial charge on any atom is -0.364 e. The third-order valence-corrected chi connectivity index (χ3v) is 7.20. The van der Waals surface area contributed by atoms with Crippen molar-refractivity contribution in [3.05, 3.63) is 48.3 Å². The fourth-order valence-corrected chi connectivity index (χ4v) is 5.12. The van der Waals surface area contributed by atoms with Crippen LogP contribution >= 0.6 is 11.3 Å². The van der Waals surface area contributed by atoms with Crippen LogP contribution in [0.25, 0.3) is 16.2 Å². The maximum Gasteiger partial charge on any atom is 0.242 e. The van der Waals surface area contributed by atoms with Gasteiger partial charge in [-0.25, -0.2) is 15.0 Å². The highest BCUT2D eigenvalue weighted by Crippen LogP contribution is 2.34. The minimum atomic E-state index is -0.173. The van der Waals surface area contributed by atoms with Crippen molar-refractivity contribution in [1.82, 2.24) is 29.5 Å². The van der Waals surface area contributed by atoms with E-state index in [1.54, 1.807) is 18.5 Å². The van der Waals surface area contributed by atoms with Crippen molar-refractivity contribution in [3.63, 3.8) is 0 Å². The summed E-state index contributed by atoms with van der Waals surface area (Å²) < 4.78 is 1.86. The van der Waals surface area contributed by atoms with E-state index in [4.69, 9.17) is 10.1 Å². The summed E-state index contributed by atoms with van der Waals surface area (Å²) in [5.41, 5.74) is 2.95. The quantitative estimate of drug-likeness (QED) is 0.413. The van der Waals surface area contributed by atoms with Crippen molar-refractivity contribution in [2.45, 2.75) is 33.2 Å². The Morgan fingerprint density at radius 3 is 2.41 bits per heavy atom. The van der Waals surface area contributed by atoms with E-state index in [1.165, 1.54) is 16.9 Å². The Hall–Kier alpha value is -3.73. The Morgan fingerprint density at radius 2 is 1.76 bits per heavy atom. The number of rotatable bonds is 6. The van der Waals surface area contributed by atoms with E-state index in [-0.39, 0.29) is 18.0 Å². The van der Waals surface area contributed by atoms with Crippen molar-refractivity contribution < 1.29 is 4.79 Å². The highest BCUT2D eigenvalue weighted by molar-refractivity contribution is 7.20. The van der Waals surface area contributed by atoms with Gasteiger partial charge in [0.05, 0.1) is 6.54 Å². The zero-order chi connectivity index (χ0) is 26.2. The van der Waals surface area contributed by atoms with E-state index in [0.29, 0.717) is 32.1 Å². The van der Waals surface area contributed by atoms with Gasteiger partial charge in [-0.15, -0.1) is 5.10 Å². The summed E-state index contributed by atoms with van der Waals surface area (Å²) in [5, 5.41) is 9.18. The first kappa shape index (κ1) is 24.9. The SMILES string of the molecule is Cc1ccc(-c2nc3sc(N(C)CC(=O)N4CCN(c5ncccn5)CC4)nn3c2NC(C)(C)C)cc1. The Balaban J connectivity index is 1.30. The lowest BCUT2D eigenvalue weighted by atomic mass is 10.1. The van der Waals surface area contributed by atoms with Crippen LogP contribution < -0.4 is 15.1 Å². The number of hydrogen-bond acceptors (Lipinski definition) is 9. The van der Waals surface area contributed by atoms with Gasteiger partial charge in [0.2, 0.25) is 21.9 Å². The van der Waals surface area contributed by atoms with Crippen LogP contribution in [0.2, 0.25) is 0 Å². The number of aromatic nitrogens is 5. The standard InChI is InChI=1S/C26H33N9OS/c1-18-7-9-19(10-8-18)21-22(30-26(2,3)4)35-24(29-21)37-25(31-35)32(5)17-20(36)33-13-15-34(16-14-33)23-27-11-6-12-28-23/h6-12,30H,13-17H2,1-5H3. The second-order valence-electron chi connectivity index (χ2n) is 10.4. The van der Waals surface area contributed by atoms with Crippen LogP contribution in [0.5, 0.6) is 0 Å². The second-order valence-corrected chi connectivity index (χ2v) is 11.3. The first-order chi connectivity index (χ1) is 17.7. The topological polar surface area (TPSA) is 94.8 Å². The maximum absolute atomic E-state index is 13.1. The van der Waals surface area contributed by atoms with Gasteiger partial charge in [0.15, 0.2) is 5.82 Å². The van der Waals surface area contributed by atoms with Gasteiger partial charge < -0.3 is 20.0 Å². The normalized spacial score (nSPS) is 14.3. The minimum absolute atomic E-state index is 0.0809. The number of carbonyl (C=O) groups excluding carboxylic acids is 1. The number of benzene rings is 1. The number of carbonyl (C=O) groups is 1. The van der Waals surface area contributed by atoms with Gasteiger partial charge in [-0.3, -0.25) is 4.79 Å². The molecule has 1 saturated heterocycles. The lowest BCUT2D eigenvalue weighted by molar-refractivity contribution is -0.129. The van der Waals surface area contributed by atoms with Crippen molar-refractivity contribution in [2.75, 3.05) is 54.9 Å². The molecule has 5 rings (SSSR count). The molecule has 1 aliphatic heterocycles. The van der Waals surface area contributed by atoms with Crippen LogP contribution in [0.1, 0.15) is 26.3 Å². The van der Waals surface area contributed by atoms with E-state index < -0.39 is 0 Å². The van der Waals surface area contributed by atoms with Crippen molar-refractivity contribution >= 4 is 39.1 Å². The molecule has 1 aromatic carbocycles. The van der Waals surface area contributed by atoms with Crippen LogP contribution in [-0.2, 0) is 4.79 Å². The fraction of sp³-hybridized carbons (Fsp3) is 0.423. The number of aryl methyl sites for hydroxylation is 1. The predicted molar refractivity (Wildman–Crippen MR) is 149 cm³/mol. The highest BCUT2D eigenvalue weighted by Gasteiger charge is 2.26. The molecule has 0 radical (unpaired) electrons. The number of fused-ring (bicyclic) bond motifs is 1. The molecule has 0 unspecified atom stereocenters. The lowest BCUT2D eigenvalue weighted by Crippen LogP contribution is -2.51. The summed E-state index contributed by atoms with van der Waals surface area (Å²) in [4.78, 5) is 33.3. The molecule has 0 atom stereocenters. The van der Waals surface area contributed by atoms with Gasteiger partial charge in [0.1, 0.15) is 5.69 Å². The molecule has 1 N–H and O–H groups in total. The Bertz CT molecular complexity index is 1370. The maximum atomic E-state index is 13.1. The van der Waals surface area contributed by atoms with E-state index in [9.17, 15) is 4.79 Å². The van der Waals surface area contributed by atoms with Crippen LogP contribution in [0, 0.1) is 6.92 Å². The van der Waals surface area contributed by atoms with Crippen molar-refractivity contribution in [3.8, 4) is 11.3 Å². The van der Waals surface area contributed by atoms with Gasteiger partial charge >= 0.3 is 0 Å². The number of nitrogens with one attached hydrogen (secondary N) is 1. The molecule has 0 spiro atoms. The van der Waals surface area contributed by atoms with Gasteiger partial charge in [-0.05, 0) is 33.8 Å². The summed E-state index contributed by atoms with van der Waals surface area (Å²) in [7, 11) is 1.90. The Labute approximate surface area is 221 Å². The first-order valence-electron chi connectivity index (χ1n) is 12.4. The fourth-order valence-electron chi connectivity index (χ4n) is 4.25. The average molecular weight is 520 g/mol. The van der Waals surface area contributed by atoms with Crippen LogP contribution in [0.15, 0.2) is 42.7 Å². The van der Waals surface area contributed by atoms with Gasteiger partial charge in [-0.1, -0.05) is 41.2 Å².